The summed E-state index contributed by atoms with van der Waals surface area (Å²) in [6, 6.07) is 13.7. The minimum Gasteiger partial charge on any atom is -0.355 e. The van der Waals surface area contributed by atoms with Crippen LogP contribution in [0.1, 0.15) is 35.4 Å². The van der Waals surface area contributed by atoms with Gasteiger partial charge in [0.1, 0.15) is 11.5 Å². The molecule has 2 aliphatic rings. The molecular formula is C28H33N5O4S. The number of carbonyl (C=O) groups excluding carboxylic acids is 1. The number of hydrogen-bond donors (Lipinski definition) is 0. The standard InChI is InChI=1S/C28H33N5O4S/c1-21-8-10-23(11-9-21)12-13-25-27(22(2)30-37-25)38(35,36)33-15-5-6-24(20-33)28(34)32-18-16-31(17-19-32)26-7-3-4-14-29-26/h3-4,7-14,24H,5-6,15-20H2,1-2H3. The van der Waals surface area contributed by atoms with E-state index in [-0.39, 0.29) is 29.0 Å². The van der Waals surface area contributed by atoms with Gasteiger partial charge in [-0.2, -0.15) is 4.31 Å². The van der Waals surface area contributed by atoms with Crippen LogP contribution in [0.25, 0.3) is 12.2 Å². The number of nitrogens with zero attached hydrogens (tertiary/aromatic N) is 5. The lowest BCUT2D eigenvalue weighted by Gasteiger charge is -2.39. The van der Waals surface area contributed by atoms with Crippen LogP contribution in [0.2, 0.25) is 0 Å². The van der Waals surface area contributed by atoms with Crippen molar-refractivity contribution in [2.75, 3.05) is 44.2 Å². The van der Waals surface area contributed by atoms with E-state index in [1.54, 1.807) is 19.2 Å². The second-order valence-electron chi connectivity index (χ2n) is 9.91. The molecule has 2 fully saturated rings. The molecule has 0 N–H and O–H groups in total. The molecule has 3 aromatic rings. The predicted octanol–water partition coefficient (Wildman–Crippen LogP) is 3.61. The number of aryl methyl sites for hydroxylation is 2. The van der Waals surface area contributed by atoms with E-state index in [2.05, 4.69) is 15.0 Å². The molecular weight excluding hydrogens is 502 g/mol. The van der Waals surface area contributed by atoms with Gasteiger partial charge in [0.15, 0.2) is 10.7 Å². The van der Waals surface area contributed by atoms with Gasteiger partial charge in [-0.3, -0.25) is 4.79 Å². The number of pyridine rings is 1. The molecule has 2 aromatic heterocycles. The largest absolute Gasteiger partial charge is 0.355 e. The van der Waals surface area contributed by atoms with E-state index < -0.39 is 10.0 Å². The summed E-state index contributed by atoms with van der Waals surface area (Å²) in [6.45, 7) is 6.76. The normalized spacial score (nSPS) is 19.3. The third-order valence-electron chi connectivity index (χ3n) is 7.23. The molecule has 0 bridgehead atoms. The maximum atomic E-state index is 13.7. The van der Waals surface area contributed by atoms with Crippen molar-refractivity contribution in [2.45, 2.75) is 31.6 Å². The maximum absolute atomic E-state index is 13.7. The Morgan fingerprint density at radius 1 is 1.00 bits per heavy atom. The van der Waals surface area contributed by atoms with Crippen LogP contribution in [-0.2, 0) is 14.8 Å². The molecule has 200 valence electrons. The molecule has 1 atom stereocenters. The summed E-state index contributed by atoms with van der Waals surface area (Å²) in [5, 5.41) is 3.95. The van der Waals surface area contributed by atoms with Crippen LogP contribution in [0.5, 0.6) is 0 Å². The van der Waals surface area contributed by atoms with Crippen molar-refractivity contribution in [3.8, 4) is 0 Å². The number of aromatic nitrogens is 2. The smallest absolute Gasteiger partial charge is 0.248 e. The molecule has 2 aliphatic heterocycles. The van der Waals surface area contributed by atoms with Gasteiger partial charge >= 0.3 is 0 Å². The minimum atomic E-state index is -3.89. The van der Waals surface area contributed by atoms with Gasteiger partial charge in [-0.15, -0.1) is 0 Å². The summed E-state index contributed by atoms with van der Waals surface area (Å²) < 4.78 is 34.3. The van der Waals surface area contributed by atoms with Gasteiger partial charge in [-0.1, -0.05) is 47.1 Å². The van der Waals surface area contributed by atoms with Crippen LogP contribution in [0.3, 0.4) is 0 Å². The molecule has 0 radical (unpaired) electrons. The molecule has 4 heterocycles. The quantitative estimate of drug-likeness (QED) is 0.475. The zero-order valence-electron chi connectivity index (χ0n) is 21.8. The molecule has 1 unspecified atom stereocenters. The third-order valence-corrected chi connectivity index (χ3v) is 9.26. The maximum Gasteiger partial charge on any atom is 0.248 e. The molecule has 1 aromatic carbocycles. The van der Waals surface area contributed by atoms with Gasteiger partial charge in [-0.05, 0) is 50.5 Å². The molecule has 1 amide bonds. The monoisotopic (exact) mass is 535 g/mol. The summed E-state index contributed by atoms with van der Waals surface area (Å²) in [6.07, 6.45) is 6.53. The summed E-state index contributed by atoms with van der Waals surface area (Å²) in [4.78, 5) is 21.9. The van der Waals surface area contributed by atoms with E-state index in [1.165, 1.54) is 4.31 Å². The van der Waals surface area contributed by atoms with E-state index >= 15 is 0 Å². The van der Waals surface area contributed by atoms with Crippen molar-refractivity contribution in [2.24, 2.45) is 5.92 Å². The van der Waals surface area contributed by atoms with Crippen molar-refractivity contribution < 1.29 is 17.7 Å². The van der Waals surface area contributed by atoms with Crippen LogP contribution >= 0.6 is 0 Å². The molecule has 5 rings (SSSR count). The van der Waals surface area contributed by atoms with Crippen molar-refractivity contribution in [3.63, 3.8) is 0 Å². The first kappa shape index (κ1) is 26.1. The van der Waals surface area contributed by atoms with Crippen LogP contribution in [0.15, 0.2) is 58.1 Å². The molecule has 0 saturated carbocycles. The fraction of sp³-hybridized carbons (Fsp3) is 0.393. The second kappa shape index (κ2) is 11.1. The van der Waals surface area contributed by atoms with E-state index in [9.17, 15) is 13.2 Å². The lowest BCUT2D eigenvalue weighted by molar-refractivity contribution is -0.137. The molecule has 38 heavy (non-hydrogen) atoms. The van der Waals surface area contributed by atoms with E-state index in [0.29, 0.717) is 51.3 Å². The highest BCUT2D eigenvalue weighted by molar-refractivity contribution is 7.89. The van der Waals surface area contributed by atoms with Gasteiger partial charge in [-0.25, -0.2) is 13.4 Å². The van der Waals surface area contributed by atoms with Crippen LogP contribution in [0, 0.1) is 19.8 Å². The molecule has 0 aliphatic carbocycles. The highest BCUT2D eigenvalue weighted by atomic mass is 32.2. The Labute approximate surface area is 223 Å². The van der Waals surface area contributed by atoms with Gasteiger partial charge in [0.25, 0.3) is 0 Å². The van der Waals surface area contributed by atoms with E-state index in [4.69, 9.17) is 4.52 Å². The van der Waals surface area contributed by atoms with Crippen molar-refractivity contribution in [1.29, 1.82) is 0 Å². The topological polar surface area (TPSA) is 99.8 Å². The average Bonchev–Trinajstić information content (AvgIpc) is 3.34. The van der Waals surface area contributed by atoms with Crippen LogP contribution in [0.4, 0.5) is 5.82 Å². The Kier molecular flexibility index (Phi) is 7.62. The minimum absolute atomic E-state index is 0.0205. The first-order valence-electron chi connectivity index (χ1n) is 13.0. The zero-order valence-corrected chi connectivity index (χ0v) is 22.6. The summed E-state index contributed by atoms with van der Waals surface area (Å²) in [5.41, 5.74) is 2.39. The van der Waals surface area contributed by atoms with E-state index in [1.807, 2.05) is 60.4 Å². The lowest BCUT2D eigenvalue weighted by Crippen LogP contribution is -2.53. The number of carbonyl (C=O) groups is 1. The van der Waals surface area contributed by atoms with Gasteiger partial charge in [0.05, 0.1) is 5.92 Å². The fourth-order valence-electron chi connectivity index (χ4n) is 5.09. The number of benzene rings is 1. The van der Waals surface area contributed by atoms with Crippen molar-refractivity contribution in [1.82, 2.24) is 19.3 Å². The SMILES string of the molecule is Cc1ccc(C=Cc2onc(C)c2S(=O)(=O)N2CCCC(C(=O)N3CCN(c4ccccn4)CC3)C2)cc1. The molecule has 2 saturated heterocycles. The number of amides is 1. The Balaban J connectivity index is 1.27. The van der Waals surface area contributed by atoms with E-state index in [0.717, 1.165) is 16.9 Å². The number of piperazine rings is 1. The van der Waals surface area contributed by atoms with Gasteiger partial charge in [0.2, 0.25) is 15.9 Å². The van der Waals surface area contributed by atoms with Gasteiger partial charge < -0.3 is 14.3 Å². The van der Waals surface area contributed by atoms with Crippen LogP contribution in [-0.4, -0.2) is 72.9 Å². The molecule has 10 heteroatoms. The Bertz CT molecular complexity index is 1390. The van der Waals surface area contributed by atoms with Crippen molar-refractivity contribution >= 4 is 33.9 Å². The van der Waals surface area contributed by atoms with Gasteiger partial charge in [0, 0.05) is 45.5 Å². The summed E-state index contributed by atoms with van der Waals surface area (Å²) in [7, 11) is -3.89. The Morgan fingerprint density at radius 3 is 2.47 bits per heavy atom. The predicted molar refractivity (Wildman–Crippen MR) is 146 cm³/mol. The third kappa shape index (κ3) is 5.51. The summed E-state index contributed by atoms with van der Waals surface area (Å²) in [5.74, 6) is 0.756. The fourth-order valence-corrected chi connectivity index (χ4v) is 6.87. The number of anilines is 1. The molecule has 0 spiro atoms. The number of hydrogen-bond acceptors (Lipinski definition) is 7. The first-order chi connectivity index (χ1) is 18.3. The number of sulfonamides is 1. The van der Waals surface area contributed by atoms with Crippen molar-refractivity contribution in [3.05, 3.63) is 71.2 Å². The zero-order chi connectivity index (χ0) is 26.7. The Morgan fingerprint density at radius 2 is 1.76 bits per heavy atom. The average molecular weight is 536 g/mol. The first-order valence-corrected chi connectivity index (χ1v) is 14.4. The number of piperidine rings is 1. The highest BCUT2D eigenvalue weighted by Crippen LogP contribution is 2.30. The number of rotatable bonds is 6. The molecule has 9 nitrogen and oxygen atoms in total. The summed E-state index contributed by atoms with van der Waals surface area (Å²) >= 11 is 0. The highest BCUT2D eigenvalue weighted by Gasteiger charge is 2.38. The second-order valence-corrected chi connectivity index (χ2v) is 11.8. The lowest BCUT2D eigenvalue weighted by atomic mass is 9.98. The van der Waals surface area contributed by atoms with Crippen LogP contribution < -0.4 is 4.90 Å². The Hall–Kier alpha value is -3.50.